The minimum Gasteiger partial charge on any atom is -0.486 e. The van der Waals surface area contributed by atoms with Crippen LogP contribution in [0.15, 0.2) is 29.4 Å². The molecule has 4 aliphatic carbocycles. The number of anilines is 1. The largest absolute Gasteiger partial charge is 0.486 e. The smallest absolute Gasteiger partial charge is 0.243 e. The van der Waals surface area contributed by atoms with Gasteiger partial charge in [-0.3, -0.25) is 4.79 Å². The molecular weight excluding hydrogens is 492 g/mol. The van der Waals surface area contributed by atoms with E-state index in [1.807, 2.05) is 0 Å². The van der Waals surface area contributed by atoms with Crippen LogP contribution in [0, 0.1) is 23.2 Å². The van der Waals surface area contributed by atoms with Crippen LogP contribution in [0.2, 0.25) is 0 Å². The van der Waals surface area contributed by atoms with Crippen LogP contribution in [-0.4, -0.2) is 48.4 Å². The van der Waals surface area contributed by atoms with Gasteiger partial charge in [0.25, 0.3) is 0 Å². The molecule has 1 aromatic carbocycles. The first-order valence-electron chi connectivity index (χ1n) is 13.4. The lowest BCUT2D eigenvalue weighted by molar-refractivity contribution is -0.124. The van der Waals surface area contributed by atoms with Gasteiger partial charge in [-0.2, -0.15) is 4.31 Å². The number of hydrogen-bond acceptors (Lipinski definition) is 7. The predicted octanol–water partition coefficient (Wildman–Crippen LogP) is 3.54. The molecule has 1 N–H and O–H groups in total. The first kappa shape index (κ1) is 23.4. The van der Waals surface area contributed by atoms with Crippen molar-refractivity contribution in [2.45, 2.75) is 62.8 Å². The van der Waals surface area contributed by atoms with Crippen molar-refractivity contribution in [2.75, 3.05) is 25.1 Å². The minimum atomic E-state index is -3.75. The summed E-state index contributed by atoms with van der Waals surface area (Å²) in [7, 11) is -3.75. The first-order chi connectivity index (χ1) is 17.9. The maximum Gasteiger partial charge on any atom is 0.243 e. The van der Waals surface area contributed by atoms with E-state index in [0.717, 1.165) is 23.3 Å². The number of ether oxygens (including phenoxy) is 2. The van der Waals surface area contributed by atoms with Crippen LogP contribution in [0.1, 0.15) is 56.2 Å². The lowest BCUT2D eigenvalue weighted by Gasteiger charge is -2.56. The number of rotatable bonds is 5. The Balaban J connectivity index is 1.07. The second-order valence-corrected chi connectivity index (χ2v) is 13.6. The molecule has 10 heteroatoms. The number of carbonyl (C=O) groups excluding carboxylic acids is 1. The molecule has 4 saturated carbocycles. The fourth-order valence-corrected chi connectivity index (χ4v) is 9.42. The Kier molecular flexibility index (Phi) is 5.48. The van der Waals surface area contributed by atoms with Gasteiger partial charge in [0.2, 0.25) is 15.9 Å². The van der Waals surface area contributed by atoms with Crippen LogP contribution in [-0.2, 0) is 27.8 Å². The van der Waals surface area contributed by atoms with Gasteiger partial charge in [0.15, 0.2) is 11.5 Å². The van der Waals surface area contributed by atoms with Crippen LogP contribution in [0.3, 0.4) is 0 Å². The highest BCUT2D eigenvalue weighted by molar-refractivity contribution is 7.89. The van der Waals surface area contributed by atoms with Crippen molar-refractivity contribution in [1.29, 1.82) is 0 Å². The zero-order chi connectivity index (χ0) is 25.2. The lowest BCUT2D eigenvalue weighted by atomic mass is 9.49. The molecule has 6 aliphatic rings. The molecule has 0 radical (unpaired) electrons. The third-order valence-electron chi connectivity index (χ3n) is 9.08. The Bertz CT molecular complexity index is 1330. The van der Waals surface area contributed by atoms with E-state index in [4.69, 9.17) is 9.47 Å². The summed E-state index contributed by atoms with van der Waals surface area (Å²) in [6.07, 6.45) is 10.0. The van der Waals surface area contributed by atoms with Crippen LogP contribution >= 0.6 is 0 Å². The van der Waals surface area contributed by atoms with Gasteiger partial charge < -0.3 is 14.8 Å². The predicted molar refractivity (Wildman–Crippen MR) is 135 cm³/mol. The summed E-state index contributed by atoms with van der Waals surface area (Å²) in [5.74, 6) is 3.94. The summed E-state index contributed by atoms with van der Waals surface area (Å²) in [5.41, 5.74) is 1.61. The maximum atomic E-state index is 13.4. The van der Waals surface area contributed by atoms with Crippen LogP contribution in [0.25, 0.3) is 0 Å². The molecule has 0 unspecified atom stereocenters. The van der Waals surface area contributed by atoms with Crippen molar-refractivity contribution in [3.63, 3.8) is 0 Å². The normalized spacial score (nSPS) is 30.1. The summed E-state index contributed by atoms with van der Waals surface area (Å²) >= 11 is 0. The molecule has 3 heterocycles. The van der Waals surface area contributed by atoms with Crippen molar-refractivity contribution < 1.29 is 22.7 Å². The molecule has 37 heavy (non-hydrogen) atoms. The Labute approximate surface area is 217 Å². The molecule has 1 amide bonds. The van der Waals surface area contributed by atoms with Gasteiger partial charge in [-0.05, 0) is 80.2 Å². The van der Waals surface area contributed by atoms with Gasteiger partial charge in [-0.25, -0.2) is 18.4 Å². The number of amides is 1. The van der Waals surface area contributed by atoms with Gasteiger partial charge in [-0.1, -0.05) is 0 Å². The SMILES string of the molecule is O=C(CC12CC3CC(CC(C3)C1)C2)Nc1ncnc2c1CCN(S(=O)(=O)c1ccc3c(c1)OCCO3)C2. The summed E-state index contributed by atoms with van der Waals surface area (Å²) in [5, 5.41) is 3.08. The van der Waals surface area contributed by atoms with E-state index in [-0.39, 0.29) is 29.3 Å². The monoisotopic (exact) mass is 524 g/mol. The van der Waals surface area contributed by atoms with Gasteiger partial charge in [0.1, 0.15) is 25.4 Å². The number of benzene rings is 1. The highest BCUT2D eigenvalue weighted by Crippen LogP contribution is 2.61. The van der Waals surface area contributed by atoms with E-state index in [1.165, 1.54) is 55.2 Å². The average molecular weight is 525 g/mol. The Hall–Kier alpha value is -2.72. The van der Waals surface area contributed by atoms with Crippen molar-refractivity contribution in [2.24, 2.45) is 23.2 Å². The van der Waals surface area contributed by atoms with E-state index in [2.05, 4.69) is 15.3 Å². The fraction of sp³-hybridized carbons (Fsp3) is 0.593. The molecule has 0 saturated heterocycles. The highest BCUT2D eigenvalue weighted by atomic mass is 32.2. The summed E-state index contributed by atoms with van der Waals surface area (Å²) in [6.45, 7) is 1.26. The van der Waals surface area contributed by atoms with Gasteiger partial charge in [-0.15, -0.1) is 0 Å². The van der Waals surface area contributed by atoms with Crippen molar-refractivity contribution >= 4 is 21.7 Å². The molecule has 2 aromatic rings. The van der Waals surface area contributed by atoms with Crippen molar-refractivity contribution in [3.05, 3.63) is 35.8 Å². The summed E-state index contributed by atoms with van der Waals surface area (Å²) in [4.78, 5) is 22.1. The number of aromatic nitrogens is 2. The lowest BCUT2D eigenvalue weighted by Crippen LogP contribution is -2.47. The quantitative estimate of drug-likeness (QED) is 0.637. The second-order valence-electron chi connectivity index (χ2n) is 11.7. The van der Waals surface area contributed by atoms with E-state index in [1.54, 1.807) is 12.1 Å². The second kappa shape index (κ2) is 8.66. The standard InChI is InChI=1S/C27H32N4O5S/c32-25(14-27-11-17-7-18(12-27)9-19(8-17)13-27)30-26-21-3-4-31(15-22(21)28-16-29-26)37(33,34)20-1-2-23-24(10-20)36-6-5-35-23/h1-2,10,16-19H,3-9,11-15H2,(H,28,29,30,32). The fourth-order valence-electron chi connectivity index (χ4n) is 8.00. The number of hydrogen-bond donors (Lipinski definition) is 1. The maximum absolute atomic E-state index is 13.4. The van der Waals surface area contributed by atoms with Gasteiger partial charge in [0, 0.05) is 24.6 Å². The number of nitrogens with zero attached hydrogens (tertiary/aromatic N) is 3. The molecule has 196 valence electrons. The van der Waals surface area contributed by atoms with Crippen LogP contribution in [0.4, 0.5) is 5.82 Å². The van der Waals surface area contributed by atoms with E-state index in [0.29, 0.717) is 49.1 Å². The summed E-state index contributed by atoms with van der Waals surface area (Å²) < 4.78 is 39.3. The summed E-state index contributed by atoms with van der Waals surface area (Å²) in [6, 6.07) is 4.71. The van der Waals surface area contributed by atoms with Crippen molar-refractivity contribution in [1.82, 2.24) is 14.3 Å². The Morgan fingerprint density at radius 2 is 1.73 bits per heavy atom. The number of sulfonamides is 1. The minimum absolute atomic E-state index is 0.0224. The first-order valence-corrected chi connectivity index (χ1v) is 14.8. The average Bonchev–Trinajstić information content (AvgIpc) is 2.87. The number of fused-ring (bicyclic) bond motifs is 2. The molecule has 2 aliphatic heterocycles. The topological polar surface area (TPSA) is 111 Å². The molecule has 4 bridgehead atoms. The van der Waals surface area contributed by atoms with Crippen LogP contribution in [0.5, 0.6) is 11.5 Å². The number of nitrogens with one attached hydrogen (secondary N) is 1. The third-order valence-corrected chi connectivity index (χ3v) is 10.9. The Morgan fingerprint density at radius 1 is 1.03 bits per heavy atom. The van der Waals surface area contributed by atoms with Gasteiger partial charge >= 0.3 is 0 Å². The highest BCUT2D eigenvalue weighted by Gasteiger charge is 2.51. The zero-order valence-corrected chi connectivity index (χ0v) is 21.6. The molecule has 8 rings (SSSR count). The zero-order valence-electron chi connectivity index (χ0n) is 20.8. The molecule has 0 atom stereocenters. The van der Waals surface area contributed by atoms with E-state index in [9.17, 15) is 13.2 Å². The molecule has 0 spiro atoms. The van der Waals surface area contributed by atoms with Gasteiger partial charge in [0.05, 0.1) is 17.1 Å². The van der Waals surface area contributed by atoms with Crippen LogP contribution < -0.4 is 14.8 Å². The molecule has 1 aromatic heterocycles. The third kappa shape index (κ3) is 4.18. The van der Waals surface area contributed by atoms with E-state index < -0.39 is 10.0 Å². The molecule has 4 fully saturated rings. The Morgan fingerprint density at radius 3 is 2.46 bits per heavy atom. The van der Waals surface area contributed by atoms with E-state index >= 15 is 0 Å². The van der Waals surface area contributed by atoms with Crippen molar-refractivity contribution in [3.8, 4) is 11.5 Å². The molecular formula is C27H32N4O5S. The number of carbonyl (C=O) groups is 1. The molecule has 9 nitrogen and oxygen atoms in total.